The van der Waals surface area contributed by atoms with Gasteiger partial charge in [0, 0.05) is 11.4 Å². The highest BCUT2D eigenvalue weighted by molar-refractivity contribution is 9.10. The molecule has 0 saturated carbocycles. The molecule has 1 amide bonds. The number of carbonyl (C=O) groups excluding carboxylic acids is 1. The van der Waals surface area contributed by atoms with Gasteiger partial charge in [0.2, 0.25) is 5.91 Å². The molecule has 0 fully saturated rings. The normalized spacial score (nSPS) is 11.2. The van der Waals surface area contributed by atoms with E-state index in [1.807, 2.05) is 31.2 Å². The molecule has 1 rings (SSSR count). The second-order valence-electron chi connectivity index (χ2n) is 2.87. The van der Waals surface area contributed by atoms with E-state index in [0.29, 0.717) is 0 Å². The standard InChI is InChI=1S/C10H11BrN2O/c1-7(12-13-8(2)14)9-3-5-10(11)6-4-9/h3-6H,1-2H3,(H,13,14)/b12-7+. The van der Waals surface area contributed by atoms with Crippen LogP contribution >= 0.6 is 15.9 Å². The molecule has 1 aromatic carbocycles. The second-order valence-corrected chi connectivity index (χ2v) is 3.79. The number of halogens is 1. The Morgan fingerprint density at radius 1 is 1.29 bits per heavy atom. The van der Waals surface area contributed by atoms with Crippen molar-refractivity contribution < 1.29 is 4.79 Å². The van der Waals surface area contributed by atoms with E-state index < -0.39 is 0 Å². The molecule has 1 N–H and O–H groups in total. The zero-order valence-electron chi connectivity index (χ0n) is 8.04. The molecule has 0 heterocycles. The van der Waals surface area contributed by atoms with E-state index in [-0.39, 0.29) is 5.91 Å². The van der Waals surface area contributed by atoms with Crippen LogP contribution in [0.25, 0.3) is 0 Å². The van der Waals surface area contributed by atoms with Crippen LogP contribution in [0.2, 0.25) is 0 Å². The third kappa shape index (κ3) is 3.30. The lowest BCUT2D eigenvalue weighted by molar-refractivity contribution is -0.118. The number of nitrogens with zero attached hydrogens (tertiary/aromatic N) is 1. The van der Waals surface area contributed by atoms with Gasteiger partial charge in [0.1, 0.15) is 0 Å². The first-order valence-electron chi connectivity index (χ1n) is 4.16. The number of benzene rings is 1. The SMILES string of the molecule is CC(=O)N/N=C(\C)c1ccc(Br)cc1. The van der Waals surface area contributed by atoms with Crippen molar-refractivity contribution in [1.29, 1.82) is 0 Å². The number of carbonyl (C=O) groups is 1. The Labute approximate surface area is 91.3 Å². The smallest absolute Gasteiger partial charge is 0.236 e. The average molecular weight is 255 g/mol. The van der Waals surface area contributed by atoms with Gasteiger partial charge in [0.05, 0.1) is 5.71 Å². The van der Waals surface area contributed by atoms with Crippen LogP contribution in [0.15, 0.2) is 33.8 Å². The monoisotopic (exact) mass is 254 g/mol. The molecule has 0 bridgehead atoms. The van der Waals surface area contributed by atoms with Crippen LogP contribution in [0.5, 0.6) is 0 Å². The van der Waals surface area contributed by atoms with E-state index in [1.54, 1.807) is 0 Å². The Morgan fingerprint density at radius 2 is 1.86 bits per heavy atom. The summed E-state index contributed by atoms with van der Waals surface area (Å²) >= 11 is 3.35. The van der Waals surface area contributed by atoms with Crippen LogP contribution in [0.1, 0.15) is 19.4 Å². The van der Waals surface area contributed by atoms with E-state index in [1.165, 1.54) is 6.92 Å². The molecular formula is C10H11BrN2O. The molecular weight excluding hydrogens is 244 g/mol. The lowest BCUT2D eigenvalue weighted by Crippen LogP contribution is -2.14. The number of hydrazone groups is 1. The third-order valence-corrected chi connectivity index (χ3v) is 2.17. The van der Waals surface area contributed by atoms with Crippen LogP contribution < -0.4 is 5.43 Å². The van der Waals surface area contributed by atoms with Gasteiger partial charge in [0.15, 0.2) is 0 Å². The molecule has 74 valence electrons. The molecule has 0 unspecified atom stereocenters. The minimum Gasteiger partial charge on any atom is -0.274 e. The first kappa shape index (κ1) is 10.9. The Hall–Kier alpha value is -1.16. The zero-order valence-corrected chi connectivity index (χ0v) is 9.63. The molecule has 0 saturated heterocycles. The quantitative estimate of drug-likeness (QED) is 0.639. The number of hydrogen-bond acceptors (Lipinski definition) is 2. The highest BCUT2D eigenvalue weighted by atomic mass is 79.9. The van der Waals surface area contributed by atoms with Crippen LogP contribution in [0.3, 0.4) is 0 Å². The summed E-state index contributed by atoms with van der Waals surface area (Å²) < 4.78 is 1.02. The van der Waals surface area contributed by atoms with Gasteiger partial charge in [-0.25, -0.2) is 5.43 Å². The van der Waals surface area contributed by atoms with Crippen molar-refractivity contribution in [2.75, 3.05) is 0 Å². The molecule has 0 aliphatic heterocycles. The van der Waals surface area contributed by atoms with E-state index in [9.17, 15) is 4.79 Å². The van der Waals surface area contributed by atoms with E-state index >= 15 is 0 Å². The maximum atomic E-state index is 10.6. The second kappa shape index (κ2) is 4.91. The van der Waals surface area contributed by atoms with Gasteiger partial charge in [-0.1, -0.05) is 28.1 Å². The molecule has 1 aromatic rings. The van der Waals surface area contributed by atoms with E-state index in [4.69, 9.17) is 0 Å². The summed E-state index contributed by atoms with van der Waals surface area (Å²) in [6.07, 6.45) is 0. The highest BCUT2D eigenvalue weighted by Crippen LogP contribution is 2.10. The van der Waals surface area contributed by atoms with Crippen LogP contribution in [-0.4, -0.2) is 11.6 Å². The molecule has 0 aliphatic carbocycles. The minimum absolute atomic E-state index is 0.165. The molecule has 0 aliphatic rings. The van der Waals surface area contributed by atoms with Crippen molar-refractivity contribution in [3.63, 3.8) is 0 Å². The van der Waals surface area contributed by atoms with Crippen molar-refractivity contribution in [3.8, 4) is 0 Å². The highest BCUT2D eigenvalue weighted by Gasteiger charge is 1.97. The minimum atomic E-state index is -0.165. The number of amides is 1. The maximum Gasteiger partial charge on any atom is 0.236 e. The van der Waals surface area contributed by atoms with Gasteiger partial charge in [-0.3, -0.25) is 4.79 Å². The number of nitrogens with one attached hydrogen (secondary N) is 1. The average Bonchev–Trinajstić information content (AvgIpc) is 2.15. The fourth-order valence-corrected chi connectivity index (χ4v) is 1.18. The predicted molar refractivity (Wildman–Crippen MR) is 60.2 cm³/mol. The predicted octanol–water partition coefficient (Wildman–Crippen LogP) is 2.31. The Balaban J connectivity index is 2.78. The summed E-state index contributed by atoms with van der Waals surface area (Å²) in [6.45, 7) is 3.28. The van der Waals surface area contributed by atoms with Crippen molar-refractivity contribution in [3.05, 3.63) is 34.3 Å². The van der Waals surface area contributed by atoms with Crippen LogP contribution in [-0.2, 0) is 4.79 Å². The molecule has 0 atom stereocenters. The molecule has 14 heavy (non-hydrogen) atoms. The molecule has 0 radical (unpaired) electrons. The van der Waals surface area contributed by atoms with E-state index in [2.05, 4.69) is 26.5 Å². The molecule has 3 nitrogen and oxygen atoms in total. The van der Waals surface area contributed by atoms with Crippen LogP contribution in [0, 0.1) is 0 Å². The van der Waals surface area contributed by atoms with Crippen molar-refractivity contribution in [2.24, 2.45) is 5.10 Å². The van der Waals surface area contributed by atoms with Gasteiger partial charge < -0.3 is 0 Å². The summed E-state index contributed by atoms with van der Waals surface area (Å²) in [7, 11) is 0. The van der Waals surface area contributed by atoms with Gasteiger partial charge in [-0.2, -0.15) is 5.10 Å². The fourth-order valence-electron chi connectivity index (χ4n) is 0.918. The zero-order chi connectivity index (χ0) is 10.6. The molecule has 0 aromatic heterocycles. The summed E-state index contributed by atoms with van der Waals surface area (Å²) in [5.41, 5.74) is 4.17. The topological polar surface area (TPSA) is 41.5 Å². The molecule has 4 heteroatoms. The van der Waals surface area contributed by atoms with Gasteiger partial charge in [-0.05, 0) is 24.6 Å². The van der Waals surface area contributed by atoms with Gasteiger partial charge >= 0.3 is 0 Å². The first-order valence-corrected chi connectivity index (χ1v) is 4.95. The van der Waals surface area contributed by atoms with Crippen LogP contribution in [0.4, 0.5) is 0 Å². The third-order valence-electron chi connectivity index (χ3n) is 1.64. The summed E-state index contributed by atoms with van der Waals surface area (Å²) in [5, 5.41) is 3.93. The van der Waals surface area contributed by atoms with Gasteiger partial charge in [0.25, 0.3) is 0 Å². The number of hydrogen-bond donors (Lipinski definition) is 1. The van der Waals surface area contributed by atoms with Crippen molar-refractivity contribution in [2.45, 2.75) is 13.8 Å². The maximum absolute atomic E-state index is 10.6. The number of rotatable bonds is 2. The van der Waals surface area contributed by atoms with Gasteiger partial charge in [-0.15, -0.1) is 0 Å². The summed E-state index contributed by atoms with van der Waals surface area (Å²) in [5.74, 6) is -0.165. The van der Waals surface area contributed by atoms with Crippen molar-refractivity contribution in [1.82, 2.24) is 5.43 Å². The largest absolute Gasteiger partial charge is 0.274 e. The lowest BCUT2D eigenvalue weighted by atomic mass is 10.1. The fraction of sp³-hybridized carbons (Fsp3) is 0.200. The Morgan fingerprint density at radius 3 is 2.36 bits per heavy atom. The van der Waals surface area contributed by atoms with Crippen molar-refractivity contribution >= 4 is 27.5 Å². The lowest BCUT2D eigenvalue weighted by Gasteiger charge is -2.00. The Bertz CT molecular complexity index is 357. The Kier molecular flexibility index (Phi) is 3.83. The summed E-state index contributed by atoms with van der Waals surface area (Å²) in [6, 6.07) is 7.74. The van der Waals surface area contributed by atoms with E-state index in [0.717, 1.165) is 15.7 Å². The summed E-state index contributed by atoms with van der Waals surface area (Å²) in [4.78, 5) is 10.6. The first-order chi connectivity index (χ1) is 6.59. The molecule has 0 spiro atoms.